The molecular formula is C12H18O2S. The zero-order chi connectivity index (χ0) is 10.7. The summed E-state index contributed by atoms with van der Waals surface area (Å²) in [6, 6.07) is 0. The fourth-order valence-corrected chi connectivity index (χ4v) is 3.18. The van der Waals surface area contributed by atoms with E-state index in [4.69, 9.17) is 0 Å². The first-order chi connectivity index (χ1) is 7.27. The van der Waals surface area contributed by atoms with Gasteiger partial charge < -0.3 is 0 Å². The highest BCUT2D eigenvalue weighted by atomic mass is 32.2. The highest BCUT2D eigenvalue weighted by Crippen LogP contribution is 2.34. The second-order valence-electron chi connectivity index (χ2n) is 4.48. The predicted molar refractivity (Wildman–Crippen MR) is 62.3 cm³/mol. The maximum atomic E-state index is 10.9. The van der Waals surface area contributed by atoms with Gasteiger partial charge in [-0.25, -0.2) is 8.42 Å². The fourth-order valence-electron chi connectivity index (χ4n) is 2.63. The van der Waals surface area contributed by atoms with Crippen molar-refractivity contribution >= 4 is 10.7 Å². The van der Waals surface area contributed by atoms with Crippen molar-refractivity contribution in [3.8, 4) is 0 Å². The van der Waals surface area contributed by atoms with E-state index in [9.17, 15) is 8.42 Å². The van der Waals surface area contributed by atoms with Crippen molar-refractivity contribution in [2.75, 3.05) is 0 Å². The van der Waals surface area contributed by atoms with Gasteiger partial charge in [-0.1, -0.05) is 30.9 Å². The van der Waals surface area contributed by atoms with Gasteiger partial charge in [-0.3, -0.25) is 0 Å². The molecule has 0 bridgehead atoms. The molecule has 0 unspecified atom stereocenters. The lowest BCUT2D eigenvalue weighted by atomic mass is 9.81. The molecule has 0 aliphatic heterocycles. The summed E-state index contributed by atoms with van der Waals surface area (Å²) in [4.78, 5) is 0.539. The number of rotatable bonds is 2. The zero-order valence-electron chi connectivity index (χ0n) is 8.95. The SMILES string of the molecule is O=[SH](=O)C1=CCCC(C2CCCCC2)=C1. The van der Waals surface area contributed by atoms with Gasteiger partial charge in [-0.15, -0.1) is 0 Å². The molecule has 2 nitrogen and oxygen atoms in total. The Morgan fingerprint density at radius 2 is 1.87 bits per heavy atom. The largest absolute Gasteiger partial charge is 0.227 e. The van der Waals surface area contributed by atoms with E-state index in [0.29, 0.717) is 10.8 Å². The molecular weight excluding hydrogens is 208 g/mol. The van der Waals surface area contributed by atoms with Gasteiger partial charge in [0.2, 0.25) is 0 Å². The minimum atomic E-state index is -2.38. The molecule has 3 heteroatoms. The number of hydrogen-bond donors (Lipinski definition) is 1. The first kappa shape index (κ1) is 10.9. The Morgan fingerprint density at radius 1 is 1.13 bits per heavy atom. The Balaban J connectivity index is 2.11. The molecule has 1 fully saturated rings. The normalized spacial score (nSPS) is 23.8. The van der Waals surface area contributed by atoms with E-state index in [2.05, 4.69) is 0 Å². The van der Waals surface area contributed by atoms with Crippen molar-refractivity contribution in [3.63, 3.8) is 0 Å². The molecule has 0 heterocycles. The third-order valence-electron chi connectivity index (χ3n) is 3.46. The number of allylic oxidation sites excluding steroid dienone is 3. The van der Waals surface area contributed by atoms with Crippen LogP contribution in [0.5, 0.6) is 0 Å². The summed E-state index contributed by atoms with van der Waals surface area (Å²) in [6.45, 7) is 0. The molecule has 2 rings (SSSR count). The van der Waals surface area contributed by atoms with Crippen LogP contribution in [0.4, 0.5) is 0 Å². The molecule has 0 spiro atoms. The molecule has 15 heavy (non-hydrogen) atoms. The lowest BCUT2D eigenvalue weighted by Gasteiger charge is -2.25. The summed E-state index contributed by atoms with van der Waals surface area (Å²) in [7, 11) is -2.38. The van der Waals surface area contributed by atoms with Gasteiger partial charge in [-0.2, -0.15) is 0 Å². The highest BCUT2D eigenvalue weighted by Gasteiger charge is 2.19. The highest BCUT2D eigenvalue weighted by molar-refractivity contribution is 7.77. The smallest absolute Gasteiger partial charge is 0.167 e. The third kappa shape index (κ3) is 2.71. The van der Waals surface area contributed by atoms with E-state index in [1.807, 2.05) is 12.2 Å². The molecule has 0 aromatic heterocycles. The van der Waals surface area contributed by atoms with Crippen molar-refractivity contribution in [1.29, 1.82) is 0 Å². The van der Waals surface area contributed by atoms with Gasteiger partial charge in [0.05, 0.1) is 4.91 Å². The Bertz CT molecular complexity index is 350. The zero-order valence-corrected chi connectivity index (χ0v) is 9.84. The van der Waals surface area contributed by atoms with Crippen LogP contribution < -0.4 is 0 Å². The summed E-state index contributed by atoms with van der Waals surface area (Å²) in [5, 5.41) is 0. The lowest BCUT2D eigenvalue weighted by Crippen LogP contribution is -2.11. The lowest BCUT2D eigenvalue weighted by molar-refractivity contribution is 0.394. The molecule has 0 N–H and O–H groups in total. The summed E-state index contributed by atoms with van der Waals surface area (Å²) in [6.07, 6.45) is 12.2. The summed E-state index contributed by atoms with van der Waals surface area (Å²) >= 11 is 0. The Kier molecular flexibility index (Phi) is 3.62. The maximum Gasteiger partial charge on any atom is 0.167 e. The average molecular weight is 226 g/mol. The summed E-state index contributed by atoms with van der Waals surface area (Å²) in [5.74, 6) is 0.664. The first-order valence-electron chi connectivity index (χ1n) is 5.82. The molecule has 0 aromatic rings. The van der Waals surface area contributed by atoms with Crippen LogP contribution in [0.3, 0.4) is 0 Å². The van der Waals surface area contributed by atoms with Crippen LogP contribution in [0.15, 0.2) is 22.6 Å². The summed E-state index contributed by atoms with van der Waals surface area (Å²) in [5.41, 5.74) is 1.38. The van der Waals surface area contributed by atoms with Gasteiger partial charge in [0.15, 0.2) is 10.7 Å². The average Bonchev–Trinajstić information content (AvgIpc) is 2.30. The molecule has 0 saturated heterocycles. The van der Waals surface area contributed by atoms with Crippen LogP contribution in [-0.2, 0) is 10.7 Å². The van der Waals surface area contributed by atoms with E-state index in [-0.39, 0.29) is 0 Å². The van der Waals surface area contributed by atoms with Crippen LogP contribution in [0.25, 0.3) is 0 Å². The second kappa shape index (κ2) is 4.97. The second-order valence-corrected chi connectivity index (χ2v) is 5.51. The molecule has 0 atom stereocenters. The molecule has 2 aliphatic carbocycles. The van der Waals surface area contributed by atoms with Gasteiger partial charge >= 0.3 is 0 Å². The van der Waals surface area contributed by atoms with Crippen molar-refractivity contribution in [2.24, 2.45) is 5.92 Å². The van der Waals surface area contributed by atoms with Crippen molar-refractivity contribution in [3.05, 3.63) is 22.6 Å². The number of thiol groups is 1. The molecule has 0 aromatic carbocycles. The van der Waals surface area contributed by atoms with Crippen molar-refractivity contribution in [1.82, 2.24) is 0 Å². The van der Waals surface area contributed by atoms with Crippen molar-refractivity contribution in [2.45, 2.75) is 44.9 Å². The first-order valence-corrected chi connectivity index (χ1v) is 7.00. The fraction of sp³-hybridized carbons (Fsp3) is 0.667. The van der Waals surface area contributed by atoms with Gasteiger partial charge in [-0.05, 0) is 37.7 Å². The topological polar surface area (TPSA) is 34.1 Å². The van der Waals surface area contributed by atoms with Crippen LogP contribution in [-0.4, -0.2) is 8.42 Å². The van der Waals surface area contributed by atoms with E-state index >= 15 is 0 Å². The molecule has 0 amide bonds. The molecule has 0 radical (unpaired) electrons. The van der Waals surface area contributed by atoms with Crippen LogP contribution >= 0.6 is 0 Å². The Hall–Kier alpha value is -0.570. The standard InChI is InChI=1S/C12H18O2S/c13-15(14)12-8-4-7-11(9-12)10-5-2-1-3-6-10/h8-10,15H,1-7H2. The number of hydrogen-bond acceptors (Lipinski definition) is 2. The van der Waals surface area contributed by atoms with E-state index < -0.39 is 10.7 Å². The van der Waals surface area contributed by atoms with E-state index in [1.54, 1.807) is 0 Å². The van der Waals surface area contributed by atoms with Gasteiger partial charge in [0, 0.05) is 0 Å². The van der Waals surface area contributed by atoms with Crippen LogP contribution in [0.1, 0.15) is 44.9 Å². The van der Waals surface area contributed by atoms with Crippen LogP contribution in [0, 0.1) is 5.92 Å². The quantitative estimate of drug-likeness (QED) is 0.735. The Morgan fingerprint density at radius 3 is 2.53 bits per heavy atom. The van der Waals surface area contributed by atoms with E-state index in [1.165, 1.54) is 37.7 Å². The van der Waals surface area contributed by atoms with Gasteiger partial charge in [0.25, 0.3) is 0 Å². The Labute approximate surface area is 93.0 Å². The molecule has 84 valence electrons. The molecule has 1 saturated carbocycles. The van der Waals surface area contributed by atoms with Crippen molar-refractivity contribution < 1.29 is 8.42 Å². The monoisotopic (exact) mass is 226 g/mol. The molecule has 2 aliphatic rings. The maximum absolute atomic E-state index is 10.9. The van der Waals surface area contributed by atoms with Gasteiger partial charge in [0.1, 0.15) is 0 Å². The minimum absolute atomic E-state index is 0.539. The predicted octanol–water partition coefficient (Wildman–Crippen LogP) is 2.78. The third-order valence-corrected chi connectivity index (χ3v) is 4.19. The minimum Gasteiger partial charge on any atom is -0.227 e. The van der Waals surface area contributed by atoms with E-state index in [0.717, 1.165) is 12.8 Å². The summed E-state index contributed by atoms with van der Waals surface area (Å²) < 4.78 is 21.8. The van der Waals surface area contributed by atoms with Crippen LogP contribution in [0.2, 0.25) is 0 Å².